The van der Waals surface area contributed by atoms with Crippen molar-refractivity contribution >= 4 is 11.6 Å². The topological polar surface area (TPSA) is 45.2 Å². The van der Waals surface area contributed by atoms with Gasteiger partial charge in [0.2, 0.25) is 5.91 Å². The molecule has 0 spiro atoms. The van der Waals surface area contributed by atoms with E-state index < -0.39 is 0 Å². The Balaban J connectivity index is 2.00. The fourth-order valence-corrected chi connectivity index (χ4v) is 2.64. The Kier molecular flexibility index (Phi) is 4.86. The van der Waals surface area contributed by atoms with Gasteiger partial charge in [0.05, 0.1) is 12.2 Å². The van der Waals surface area contributed by atoms with E-state index in [1.165, 1.54) is 0 Å². The third kappa shape index (κ3) is 4.19. The van der Waals surface area contributed by atoms with Crippen molar-refractivity contribution in [3.8, 4) is 0 Å². The van der Waals surface area contributed by atoms with Crippen molar-refractivity contribution in [3.05, 3.63) is 24.0 Å². The van der Waals surface area contributed by atoms with Crippen LogP contribution in [-0.4, -0.2) is 28.9 Å². The molecule has 0 saturated carbocycles. The van der Waals surface area contributed by atoms with Crippen LogP contribution in [0.1, 0.15) is 46.2 Å². The van der Waals surface area contributed by atoms with Crippen LogP contribution < -0.4 is 5.32 Å². The summed E-state index contributed by atoms with van der Waals surface area (Å²) < 4.78 is 0. The highest BCUT2D eigenvalue weighted by Gasteiger charge is 2.36. The average Bonchev–Trinajstić information content (AvgIpc) is 2.78. The molecule has 0 aromatic carbocycles. The number of amides is 1. The number of nitrogens with zero attached hydrogens (tertiary/aromatic N) is 2. The van der Waals surface area contributed by atoms with Crippen LogP contribution in [0.2, 0.25) is 0 Å². The zero-order valence-electron chi connectivity index (χ0n) is 13.6. The van der Waals surface area contributed by atoms with Crippen LogP contribution in [0.3, 0.4) is 0 Å². The number of pyridine rings is 1. The van der Waals surface area contributed by atoms with E-state index in [1.807, 2.05) is 23.2 Å². The molecule has 1 saturated heterocycles. The number of likely N-dealkylation sites (tertiary alicyclic amines) is 1. The summed E-state index contributed by atoms with van der Waals surface area (Å²) in [4.78, 5) is 18.5. The van der Waals surface area contributed by atoms with E-state index in [2.05, 4.69) is 38.0 Å². The molecule has 1 unspecified atom stereocenters. The Morgan fingerprint density at radius 1 is 1.43 bits per heavy atom. The van der Waals surface area contributed by atoms with Crippen LogP contribution in [0.25, 0.3) is 0 Å². The van der Waals surface area contributed by atoms with Crippen molar-refractivity contribution < 1.29 is 4.79 Å². The van der Waals surface area contributed by atoms with Gasteiger partial charge >= 0.3 is 0 Å². The zero-order valence-corrected chi connectivity index (χ0v) is 13.6. The molecule has 4 nitrogen and oxygen atoms in total. The van der Waals surface area contributed by atoms with Gasteiger partial charge in [-0.15, -0.1) is 0 Å². The summed E-state index contributed by atoms with van der Waals surface area (Å²) in [5, 5.41) is 3.36. The third-order valence-corrected chi connectivity index (χ3v) is 4.19. The van der Waals surface area contributed by atoms with E-state index >= 15 is 0 Å². The highest BCUT2D eigenvalue weighted by atomic mass is 16.2. The fourth-order valence-electron chi connectivity index (χ4n) is 2.64. The first-order chi connectivity index (χ1) is 9.90. The van der Waals surface area contributed by atoms with Gasteiger partial charge in [0.15, 0.2) is 0 Å². The average molecular weight is 289 g/mol. The molecule has 1 fully saturated rings. The lowest BCUT2D eigenvalue weighted by molar-refractivity contribution is -0.128. The van der Waals surface area contributed by atoms with Gasteiger partial charge in [-0.2, -0.15) is 0 Å². The number of carbonyl (C=O) groups is 1. The Labute approximate surface area is 127 Å². The zero-order chi connectivity index (χ0) is 15.5. The number of rotatable bonds is 5. The summed E-state index contributed by atoms with van der Waals surface area (Å²) in [7, 11) is 0. The van der Waals surface area contributed by atoms with E-state index in [-0.39, 0.29) is 11.3 Å². The maximum atomic E-state index is 12.2. The molecule has 0 aliphatic carbocycles. The Bertz CT molecular complexity index is 493. The lowest BCUT2D eigenvalue weighted by Gasteiger charge is -2.26. The van der Waals surface area contributed by atoms with Crippen molar-refractivity contribution in [3.63, 3.8) is 0 Å². The first-order valence-corrected chi connectivity index (χ1v) is 7.86. The summed E-state index contributed by atoms with van der Waals surface area (Å²) in [6, 6.07) is 4.02. The highest BCUT2D eigenvalue weighted by molar-refractivity contribution is 5.78. The lowest BCUT2D eigenvalue weighted by atomic mass is 9.80. The molecule has 116 valence electrons. The first kappa shape index (κ1) is 15.8. The predicted molar refractivity (Wildman–Crippen MR) is 86.0 cm³/mol. The predicted octanol–water partition coefficient (Wildman–Crippen LogP) is 3.30. The summed E-state index contributed by atoms with van der Waals surface area (Å²) in [5.74, 6) is 0.690. The second kappa shape index (κ2) is 6.46. The van der Waals surface area contributed by atoms with Gasteiger partial charge in [0.1, 0.15) is 0 Å². The number of aromatic nitrogens is 1. The molecule has 1 atom stereocenters. The van der Waals surface area contributed by atoms with E-state index in [0.717, 1.165) is 30.9 Å². The molecule has 1 aromatic rings. The number of hydrogen-bond donors (Lipinski definition) is 1. The monoisotopic (exact) mass is 289 g/mol. The van der Waals surface area contributed by atoms with Crippen molar-refractivity contribution in [1.29, 1.82) is 0 Å². The van der Waals surface area contributed by atoms with Crippen molar-refractivity contribution in [1.82, 2.24) is 9.88 Å². The van der Waals surface area contributed by atoms with Crippen LogP contribution in [0.4, 0.5) is 5.69 Å². The molecular weight excluding hydrogens is 262 g/mol. The number of anilines is 1. The Hall–Kier alpha value is -1.58. The number of nitrogens with one attached hydrogen (secondary N) is 1. The van der Waals surface area contributed by atoms with E-state index in [4.69, 9.17) is 0 Å². The quantitative estimate of drug-likeness (QED) is 0.904. The van der Waals surface area contributed by atoms with Gasteiger partial charge in [0.25, 0.3) is 0 Å². The van der Waals surface area contributed by atoms with Crippen molar-refractivity contribution in [2.75, 3.05) is 18.4 Å². The third-order valence-electron chi connectivity index (χ3n) is 4.19. The molecule has 1 aliphatic rings. The van der Waals surface area contributed by atoms with Gasteiger partial charge in [-0.3, -0.25) is 9.78 Å². The molecule has 1 N–H and O–H groups in total. The van der Waals surface area contributed by atoms with Gasteiger partial charge in [0, 0.05) is 31.4 Å². The van der Waals surface area contributed by atoms with Crippen molar-refractivity contribution in [2.24, 2.45) is 11.3 Å². The Morgan fingerprint density at radius 2 is 2.19 bits per heavy atom. The molecule has 4 heteroatoms. The van der Waals surface area contributed by atoms with Crippen LogP contribution in [0, 0.1) is 11.3 Å². The van der Waals surface area contributed by atoms with Gasteiger partial charge in [-0.05, 0) is 29.9 Å². The summed E-state index contributed by atoms with van der Waals surface area (Å²) in [6.45, 7) is 11.2. The number of carbonyl (C=O) groups excluding carboxylic acids is 1. The molecule has 0 radical (unpaired) electrons. The van der Waals surface area contributed by atoms with E-state index in [0.29, 0.717) is 18.9 Å². The largest absolute Gasteiger partial charge is 0.385 e. The van der Waals surface area contributed by atoms with Gasteiger partial charge < -0.3 is 10.2 Å². The molecule has 2 rings (SSSR count). The fraction of sp³-hybridized carbons (Fsp3) is 0.647. The molecular formula is C17H27N3O. The minimum Gasteiger partial charge on any atom is -0.385 e. The van der Waals surface area contributed by atoms with Crippen LogP contribution in [-0.2, 0) is 11.3 Å². The first-order valence-electron chi connectivity index (χ1n) is 7.86. The van der Waals surface area contributed by atoms with Crippen molar-refractivity contribution in [2.45, 2.75) is 47.1 Å². The normalized spacial score (nSPS) is 19.1. The van der Waals surface area contributed by atoms with E-state index in [9.17, 15) is 4.79 Å². The van der Waals surface area contributed by atoms with Crippen LogP contribution in [0.5, 0.6) is 0 Å². The molecule has 1 aliphatic heterocycles. The summed E-state index contributed by atoms with van der Waals surface area (Å²) >= 11 is 0. The number of hydrogen-bond acceptors (Lipinski definition) is 3. The minimum absolute atomic E-state index is 0.183. The van der Waals surface area contributed by atoms with Gasteiger partial charge in [-0.25, -0.2) is 0 Å². The van der Waals surface area contributed by atoms with Gasteiger partial charge in [-0.1, -0.05) is 27.7 Å². The highest BCUT2D eigenvalue weighted by Crippen LogP contribution is 2.34. The minimum atomic E-state index is 0.183. The molecule has 21 heavy (non-hydrogen) atoms. The SMILES string of the molecule is CCCNc1ccnc(CN2CC(C(C)(C)C)CC2=O)c1. The molecule has 1 amide bonds. The van der Waals surface area contributed by atoms with Crippen LogP contribution >= 0.6 is 0 Å². The molecule has 2 heterocycles. The maximum Gasteiger partial charge on any atom is 0.223 e. The molecule has 1 aromatic heterocycles. The summed E-state index contributed by atoms with van der Waals surface area (Å²) in [6.07, 6.45) is 3.57. The maximum absolute atomic E-state index is 12.2. The standard InChI is InChI=1S/C17H27N3O/c1-5-7-18-14-6-8-19-15(10-14)12-20-11-13(9-16(20)21)17(2,3)4/h6,8,10,13H,5,7,9,11-12H2,1-4H3,(H,18,19). The second-order valence-corrected chi connectivity index (χ2v) is 7.00. The smallest absolute Gasteiger partial charge is 0.223 e. The van der Waals surface area contributed by atoms with Crippen LogP contribution in [0.15, 0.2) is 18.3 Å². The Morgan fingerprint density at radius 3 is 2.81 bits per heavy atom. The second-order valence-electron chi connectivity index (χ2n) is 7.00. The van der Waals surface area contributed by atoms with E-state index in [1.54, 1.807) is 0 Å². The molecule has 0 bridgehead atoms. The lowest BCUT2D eigenvalue weighted by Crippen LogP contribution is -2.27. The summed E-state index contributed by atoms with van der Waals surface area (Å²) in [5.41, 5.74) is 2.22.